The number of rotatable bonds is 5. The first kappa shape index (κ1) is 22.3. The molecule has 2 aromatic rings. The monoisotopic (exact) mass is 575 g/mol. The molecule has 0 radical (unpaired) electrons. The minimum atomic E-state index is -0.502. The Morgan fingerprint density at radius 1 is 1.28 bits per heavy atom. The van der Waals surface area contributed by atoms with Crippen LogP contribution in [-0.4, -0.2) is 29.9 Å². The summed E-state index contributed by atoms with van der Waals surface area (Å²) < 4.78 is 12.0. The number of nitrogens with zero attached hydrogens (tertiary/aromatic N) is 1. The van der Waals surface area contributed by atoms with Crippen LogP contribution in [0.4, 0.5) is 5.69 Å². The van der Waals surface area contributed by atoms with Crippen LogP contribution in [0, 0.1) is 0 Å². The number of esters is 1. The molecule has 1 aliphatic rings. The molecule has 0 spiro atoms. The molecule has 1 aliphatic heterocycles. The number of carbonyl (C=O) groups is 2. The van der Waals surface area contributed by atoms with Gasteiger partial charge in [0.25, 0.3) is 5.91 Å². The molecule has 0 N–H and O–H groups in total. The highest BCUT2D eigenvalue weighted by Crippen LogP contribution is 2.39. The van der Waals surface area contributed by atoms with E-state index in [0.29, 0.717) is 31.2 Å². The quantitative estimate of drug-likeness (QED) is 0.254. The molecule has 0 aliphatic carbocycles. The molecule has 1 saturated heterocycles. The molecule has 0 aromatic heterocycles. The minimum Gasteiger partial charge on any atom is -0.481 e. The first-order chi connectivity index (χ1) is 13.8. The van der Waals surface area contributed by atoms with Gasteiger partial charge in [-0.1, -0.05) is 51.5 Å². The zero-order valence-corrected chi connectivity index (χ0v) is 20.3. The summed E-state index contributed by atoms with van der Waals surface area (Å²) >= 11 is 19.5. The van der Waals surface area contributed by atoms with Crippen molar-refractivity contribution in [1.82, 2.24) is 0 Å². The van der Waals surface area contributed by atoms with Gasteiger partial charge in [0, 0.05) is 14.5 Å². The van der Waals surface area contributed by atoms with Gasteiger partial charge < -0.3 is 9.47 Å². The van der Waals surface area contributed by atoms with E-state index < -0.39 is 5.97 Å². The number of methoxy groups -OCH3 is 1. The number of hydrogen-bond donors (Lipinski definition) is 0. The molecule has 0 atom stereocenters. The van der Waals surface area contributed by atoms with Gasteiger partial charge >= 0.3 is 5.97 Å². The van der Waals surface area contributed by atoms with Gasteiger partial charge in [-0.2, -0.15) is 0 Å². The van der Waals surface area contributed by atoms with E-state index in [-0.39, 0.29) is 12.5 Å². The molecule has 10 heteroatoms. The van der Waals surface area contributed by atoms with Crippen molar-refractivity contribution in [3.05, 3.63) is 60.8 Å². The fourth-order valence-electron chi connectivity index (χ4n) is 2.41. The van der Waals surface area contributed by atoms with Crippen LogP contribution in [0.2, 0.25) is 5.02 Å². The molecule has 0 bridgehead atoms. The van der Waals surface area contributed by atoms with Gasteiger partial charge in [0.05, 0.1) is 22.7 Å². The van der Waals surface area contributed by atoms with Crippen LogP contribution in [-0.2, 0) is 14.3 Å². The Morgan fingerprint density at radius 2 is 2.03 bits per heavy atom. The molecule has 1 amide bonds. The average molecular weight is 578 g/mol. The summed E-state index contributed by atoms with van der Waals surface area (Å²) in [5.41, 5.74) is 1.21. The second-order valence-electron chi connectivity index (χ2n) is 5.66. The van der Waals surface area contributed by atoms with Crippen molar-refractivity contribution in [3.63, 3.8) is 0 Å². The molecule has 2 aromatic carbocycles. The molecule has 150 valence electrons. The van der Waals surface area contributed by atoms with Crippen molar-refractivity contribution in [3.8, 4) is 5.75 Å². The van der Waals surface area contributed by atoms with Crippen LogP contribution in [0.1, 0.15) is 5.56 Å². The van der Waals surface area contributed by atoms with Crippen LogP contribution >= 0.6 is 67.4 Å². The third kappa shape index (κ3) is 5.21. The Morgan fingerprint density at radius 3 is 2.72 bits per heavy atom. The van der Waals surface area contributed by atoms with Crippen LogP contribution < -0.4 is 9.64 Å². The first-order valence-corrected chi connectivity index (χ1v) is 11.2. The van der Waals surface area contributed by atoms with E-state index >= 15 is 0 Å². The second kappa shape index (κ2) is 9.61. The lowest BCUT2D eigenvalue weighted by molar-refractivity contribution is -0.142. The highest BCUT2D eigenvalue weighted by atomic mass is 79.9. The number of halogens is 3. The van der Waals surface area contributed by atoms with E-state index in [1.165, 1.54) is 23.8 Å². The highest BCUT2D eigenvalue weighted by Gasteiger charge is 2.33. The number of hydrogen-bond acceptors (Lipinski definition) is 6. The molecule has 0 saturated carbocycles. The van der Waals surface area contributed by atoms with Gasteiger partial charge in [-0.3, -0.25) is 9.69 Å². The summed E-state index contributed by atoms with van der Waals surface area (Å²) in [4.78, 5) is 26.2. The topological polar surface area (TPSA) is 55.8 Å². The molecule has 0 unspecified atom stereocenters. The number of carbonyl (C=O) groups excluding carboxylic acids is 2. The van der Waals surface area contributed by atoms with E-state index in [9.17, 15) is 9.59 Å². The molecular formula is C19H12Br2ClNO4S2. The third-order valence-electron chi connectivity index (χ3n) is 3.79. The van der Waals surface area contributed by atoms with Crippen LogP contribution in [0.5, 0.6) is 5.75 Å². The van der Waals surface area contributed by atoms with E-state index in [4.69, 9.17) is 28.6 Å². The molecule has 1 fully saturated rings. The van der Waals surface area contributed by atoms with Gasteiger partial charge in [0.15, 0.2) is 10.9 Å². The lowest BCUT2D eigenvalue weighted by Gasteiger charge is -2.15. The van der Waals surface area contributed by atoms with Gasteiger partial charge in [0.1, 0.15) is 5.75 Å². The fourth-order valence-corrected chi connectivity index (χ4v) is 4.50. The van der Waals surface area contributed by atoms with Gasteiger partial charge in [-0.25, -0.2) is 4.79 Å². The summed E-state index contributed by atoms with van der Waals surface area (Å²) in [5.74, 6) is -0.329. The van der Waals surface area contributed by atoms with Gasteiger partial charge in [-0.05, 0) is 58.4 Å². The van der Waals surface area contributed by atoms with Crippen molar-refractivity contribution in [2.24, 2.45) is 0 Å². The van der Waals surface area contributed by atoms with Gasteiger partial charge in [-0.15, -0.1) is 0 Å². The molecule has 5 nitrogen and oxygen atoms in total. The highest BCUT2D eigenvalue weighted by molar-refractivity contribution is 9.10. The summed E-state index contributed by atoms with van der Waals surface area (Å²) in [5, 5.41) is 0.478. The van der Waals surface area contributed by atoms with E-state index in [0.717, 1.165) is 8.95 Å². The van der Waals surface area contributed by atoms with Crippen molar-refractivity contribution >= 4 is 95.4 Å². The van der Waals surface area contributed by atoms with E-state index in [1.54, 1.807) is 42.5 Å². The Bertz CT molecular complexity index is 1040. The third-order valence-corrected chi connectivity index (χ3v) is 6.81. The second-order valence-corrected chi connectivity index (χ2v) is 9.52. The predicted molar refractivity (Wildman–Crippen MR) is 126 cm³/mol. The maximum absolute atomic E-state index is 13.0. The lowest BCUT2D eigenvalue weighted by atomic mass is 10.2. The van der Waals surface area contributed by atoms with Crippen LogP contribution in [0.15, 0.2) is 50.2 Å². The summed E-state index contributed by atoms with van der Waals surface area (Å²) in [6.45, 7) is -0.239. The molecule has 3 rings (SSSR count). The smallest absolute Gasteiger partial charge is 0.343 e. The summed E-state index contributed by atoms with van der Waals surface area (Å²) in [6.07, 6.45) is 1.68. The summed E-state index contributed by atoms with van der Waals surface area (Å²) in [6, 6.07) is 10.5. The summed E-state index contributed by atoms with van der Waals surface area (Å²) in [7, 11) is 1.29. The Kier molecular flexibility index (Phi) is 7.39. The van der Waals surface area contributed by atoms with Crippen LogP contribution in [0.3, 0.4) is 0 Å². The molecular weight excluding hydrogens is 566 g/mol. The normalized spacial score (nSPS) is 15.2. The van der Waals surface area contributed by atoms with Crippen molar-refractivity contribution in [2.45, 2.75) is 0 Å². The predicted octanol–water partition coefficient (Wildman–Crippen LogP) is 5.82. The van der Waals surface area contributed by atoms with Gasteiger partial charge in [0.2, 0.25) is 0 Å². The number of thiocarbonyl (C=S) groups is 1. The van der Waals surface area contributed by atoms with Crippen molar-refractivity contribution in [2.75, 3.05) is 18.6 Å². The zero-order valence-electron chi connectivity index (χ0n) is 14.8. The number of amides is 1. The maximum atomic E-state index is 13.0. The zero-order chi connectivity index (χ0) is 21.1. The number of thioether (sulfide) groups is 1. The van der Waals surface area contributed by atoms with E-state index in [1.807, 2.05) is 0 Å². The van der Waals surface area contributed by atoms with Crippen molar-refractivity contribution < 1.29 is 19.1 Å². The largest absolute Gasteiger partial charge is 0.481 e. The fraction of sp³-hybridized carbons (Fsp3) is 0.105. The van der Waals surface area contributed by atoms with E-state index in [2.05, 4.69) is 36.6 Å². The average Bonchev–Trinajstić information content (AvgIpc) is 2.96. The molecule has 29 heavy (non-hydrogen) atoms. The minimum absolute atomic E-state index is 0.239. The molecule has 1 heterocycles. The Labute approximate surface area is 198 Å². The lowest BCUT2D eigenvalue weighted by Crippen LogP contribution is -2.27. The number of ether oxygens (including phenoxy) is 2. The van der Waals surface area contributed by atoms with Crippen molar-refractivity contribution in [1.29, 1.82) is 0 Å². The Hall–Kier alpha value is -1.39. The standard InChI is InChI=1S/C19H12Br2ClNO4S2/c1-26-17(24)9-27-15-5-2-11(20)6-10(15)7-16-18(25)23(19(28)29-16)12-3-4-13(21)14(22)8-12/h2-8H,9H2,1H3/b16-7+. The number of anilines is 1. The maximum Gasteiger partial charge on any atom is 0.343 e. The first-order valence-electron chi connectivity index (χ1n) is 8.02. The van der Waals surface area contributed by atoms with Crippen LogP contribution in [0.25, 0.3) is 6.08 Å². The SMILES string of the molecule is COC(=O)COc1ccc(Br)cc1/C=C1/SC(=S)N(c2ccc(Br)c(Cl)c2)C1=O. The number of benzene rings is 2. The Balaban J connectivity index is 1.92.